The van der Waals surface area contributed by atoms with Gasteiger partial charge in [-0.05, 0) is 59.7 Å². The molecule has 3 aromatic heterocycles. The van der Waals surface area contributed by atoms with Crippen molar-refractivity contribution >= 4 is 50.4 Å². The first kappa shape index (κ1) is 22.7. The summed E-state index contributed by atoms with van der Waals surface area (Å²) < 4.78 is 0. The Morgan fingerprint density at radius 3 is 2.65 bits per heavy atom. The minimum Gasteiger partial charge on any atom is -0.365 e. The van der Waals surface area contributed by atoms with Crippen LogP contribution in [0.15, 0.2) is 47.8 Å². The standard InChI is InChI=1S/C27H27N3O2S2/c1-27(2,3)15-10-11-17-22(13-15)34-26(23(17)24(28)31)30-25(32)18-14-20(21-9-6-12-33-21)29-19-8-5-4-7-16(18)19/h4-9,12,14-15H,10-11,13H2,1-3H3,(H2,28,31)(H,30,32)/t15-/m0/s1. The second-order valence-electron chi connectivity index (χ2n) is 9.88. The monoisotopic (exact) mass is 489 g/mol. The highest BCUT2D eigenvalue weighted by atomic mass is 32.1. The van der Waals surface area contributed by atoms with Crippen LogP contribution in [0.2, 0.25) is 0 Å². The normalized spacial score (nSPS) is 15.8. The number of anilines is 1. The van der Waals surface area contributed by atoms with E-state index < -0.39 is 5.91 Å². The number of nitrogens with one attached hydrogen (secondary N) is 1. The third kappa shape index (κ3) is 4.14. The van der Waals surface area contributed by atoms with E-state index in [1.54, 1.807) is 11.3 Å². The molecule has 0 bridgehead atoms. The quantitative estimate of drug-likeness (QED) is 0.342. The van der Waals surface area contributed by atoms with Crippen LogP contribution in [0.25, 0.3) is 21.5 Å². The first-order valence-corrected chi connectivity index (χ1v) is 13.1. The molecule has 0 fully saturated rings. The van der Waals surface area contributed by atoms with Gasteiger partial charge in [-0.15, -0.1) is 22.7 Å². The van der Waals surface area contributed by atoms with Gasteiger partial charge < -0.3 is 11.1 Å². The van der Waals surface area contributed by atoms with Crippen molar-refractivity contribution in [2.24, 2.45) is 17.1 Å². The zero-order valence-electron chi connectivity index (χ0n) is 19.5. The number of primary amides is 1. The molecule has 0 radical (unpaired) electrons. The summed E-state index contributed by atoms with van der Waals surface area (Å²) in [5.74, 6) is -0.217. The van der Waals surface area contributed by atoms with Crippen LogP contribution in [0.3, 0.4) is 0 Å². The van der Waals surface area contributed by atoms with Gasteiger partial charge >= 0.3 is 0 Å². The number of rotatable bonds is 4. The van der Waals surface area contributed by atoms with Crippen molar-refractivity contribution in [3.63, 3.8) is 0 Å². The molecule has 7 heteroatoms. The lowest BCUT2D eigenvalue weighted by Crippen LogP contribution is -2.27. The Morgan fingerprint density at radius 1 is 1.15 bits per heavy atom. The van der Waals surface area contributed by atoms with Crippen LogP contribution < -0.4 is 11.1 Å². The molecule has 2 amide bonds. The molecule has 0 unspecified atom stereocenters. The predicted octanol–water partition coefficient (Wildman–Crippen LogP) is 6.53. The van der Waals surface area contributed by atoms with E-state index in [0.717, 1.165) is 51.2 Å². The van der Waals surface area contributed by atoms with Crippen molar-refractivity contribution in [3.05, 3.63) is 69.4 Å². The molecule has 0 saturated heterocycles. The number of thiophene rings is 2. The fraction of sp³-hybridized carbons (Fsp3) is 0.296. The molecule has 1 atom stereocenters. The van der Waals surface area contributed by atoms with Crippen molar-refractivity contribution in [1.29, 1.82) is 0 Å². The summed E-state index contributed by atoms with van der Waals surface area (Å²) in [6, 6.07) is 13.4. The van der Waals surface area contributed by atoms with E-state index in [1.807, 2.05) is 47.8 Å². The van der Waals surface area contributed by atoms with E-state index in [1.165, 1.54) is 11.3 Å². The van der Waals surface area contributed by atoms with E-state index in [0.29, 0.717) is 22.0 Å². The van der Waals surface area contributed by atoms with Crippen molar-refractivity contribution in [3.8, 4) is 10.6 Å². The summed E-state index contributed by atoms with van der Waals surface area (Å²) in [4.78, 5) is 32.9. The number of carbonyl (C=O) groups is 2. The second-order valence-corrected chi connectivity index (χ2v) is 11.9. The summed E-state index contributed by atoms with van der Waals surface area (Å²) in [7, 11) is 0. The van der Waals surface area contributed by atoms with Gasteiger partial charge in [0.1, 0.15) is 5.00 Å². The van der Waals surface area contributed by atoms with Crippen molar-refractivity contribution < 1.29 is 9.59 Å². The van der Waals surface area contributed by atoms with Gasteiger partial charge in [-0.2, -0.15) is 0 Å². The molecule has 1 aromatic carbocycles. The highest BCUT2D eigenvalue weighted by Gasteiger charge is 2.33. The third-order valence-electron chi connectivity index (χ3n) is 6.70. The van der Waals surface area contributed by atoms with Gasteiger partial charge in [0, 0.05) is 10.3 Å². The van der Waals surface area contributed by atoms with Gasteiger partial charge in [-0.25, -0.2) is 4.98 Å². The molecule has 1 aliphatic carbocycles. The second kappa shape index (κ2) is 8.64. The molecular weight excluding hydrogens is 462 g/mol. The van der Waals surface area contributed by atoms with Gasteiger partial charge in [0.15, 0.2) is 0 Å². The van der Waals surface area contributed by atoms with Gasteiger partial charge in [0.2, 0.25) is 0 Å². The SMILES string of the molecule is CC(C)(C)[C@H]1CCc2c(sc(NC(=O)c3cc(-c4cccs4)nc4ccccc34)c2C(N)=O)C1. The van der Waals surface area contributed by atoms with Crippen LogP contribution in [-0.4, -0.2) is 16.8 Å². The topological polar surface area (TPSA) is 85.1 Å². The first-order chi connectivity index (χ1) is 16.2. The zero-order valence-corrected chi connectivity index (χ0v) is 21.1. The Kier molecular flexibility index (Phi) is 5.78. The third-order valence-corrected chi connectivity index (χ3v) is 8.76. The molecule has 0 saturated carbocycles. The lowest BCUT2D eigenvalue weighted by molar-refractivity contribution is 0.1000. The van der Waals surface area contributed by atoms with Crippen LogP contribution in [0.5, 0.6) is 0 Å². The van der Waals surface area contributed by atoms with Gasteiger partial charge in [-0.3, -0.25) is 9.59 Å². The maximum Gasteiger partial charge on any atom is 0.257 e. The lowest BCUT2D eigenvalue weighted by Gasteiger charge is -2.33. The molecule has 34 heavy (non-hydrogen) atoms. The van der Waals surface area contributed by atoms with Gasteiger partial charge in [0.05, 0.1) is 27.2 Å². The lowest BCUT2D eigenvalue weighted by atomic mass is 9.72. The largest absolute Gasteiger partial charge is 0.365 e. The van der Waals surface area contributed by atoms with Gasteiger partial charge in [-0.1, -0.05) is 45.0 Å². The number of nitrogens with two attached hydrogens (primary N) is 1. The number of hydrogen-bond donors (Lipinski definition) is 2. The number of carbonyl (C=O) groups excluding carboxylic acids is 2. The number of pyridine rings is 1. The predicted molar refractivity (Wildman–Crippen MR) is 141 cm³/mol. The average Bonchev–Trinajstić information content (AvgIpc) is 3.45. The molecule has 174 valence electrons. The maximum absolute atomic E-state index is 13.6. The number of hydrogen-bond acceptors (Lipinski definition) is 5. The highest BCUT2D eigenvalue weighted by molar-refractivity contribution is 7.17. The Balaban J connectivity index is 1.54. The van der Waals surface area contributed by atoms with Crippen LogP contribution in [0.1, 0.15) is 58.3 Å². The summed E-state index contributed by atoms with van der Waals surface area (Å²) in [5.41, 5.74) is 9.51. The molecule has 0 aliphatic heterocycles. The minimum absolute atomic E-state index is 0.187. The number of nitrogens with zero attached hydrogens (tertiary/aromatic N) is 1. The van der Waals surface area contributed by atoms with E-state index in [2.05, 4.69) is 26.1 Å². The molecule has 1 aliphatic rings. The average molecular weight is 490 g/mol. The number of benzene rings is 1. The molecule has 0 spiro atoms. The Labute approximate surface area is 207 Å². The van der Waals surface area contributed by atoms with Crippen LogP contribution in [0.4, 0.5) is 5.00 Å². The van der Waals surface area contributed by atoms with E-state index in [9.17, 15) is 9.59 Å². The van der Waals surface area contributed by atoms with Crippen LogP contribution in [0, 0.1) is 11.3 Å². The van der Waals surface area contributed by atoms with Crippen LogP contribution >= 0.6 is 22.7 Å². The number of aromatic nitrogens is 1. The molecule has 5 nitrogen and oxygen atoms in total. The highest BCUT2D eigenvalue weighted by Crippen LogP contribution is 2.44. The Hall–Kier alpha value is -3.03. The fourth-order valence-electron chi connectivity index (χ4n) is 4.76. The molecular formula is C27H27N3O2S2. The van der Waals surface area contributed by atoms with Crippen molar-refractivity contribution in [2.45, 2.75) is 40.0 Å². The number of fused-ring (bicyclic) bond motifs is 2. The van der Waals surface area contributed by atoms with Gasteiger partial charge in [0.25, 0.3) is 11.8 Å². The first-order valence-electron chi connectivity index (χ1n) is 11.4. The maximum atomic E-state index is 13.6. The molecule has 3 N–H and O–H groups in total. The molecule has 3 heterocycles. The Morgan fingerprint density at radius 2 is 1.94 bits per heavy atom. The smallest absolute Gasteiger partial charge is 0.257 e. The summed E-state index contributed by atoms with van der Waals surface area (Å²) in [5, 5.41) is 6.35. The van der Waals surface area contributed by atoms with E-state index >= 15 is 0 Å². The van der Waals surface area contributed by atoms with Crippen molar-refractivity contribution in [2.75, 3.05) is 5.32 Å². The minimum atomic E-state index is -0.485. The summed E-state index contributed by atoms with van der Waals surface area (Å²) in [6.45, 7) is 6.77. The van der Waals surface area contributed by atoms with E-state index in [4.69, 9.17) is 10.7 Å². The summed E-state index contributed by atoms with van der Waals surface area (Å²) in [6.07, 6.45) is 2.73. The summed E-state index contributed by atoms with van der Waals surface area (Å²) >= 11 is 3.08. The van der Waals surface area contributed by atoms with Crippen LogP contribution in [-0.2, 0) is 12.8 Å². The van der Waals surface area contributed by atoms with E-state index in [-0.39, 0.29) is 11.3 Å². The molecule has 4 aromatic rings. The van der Waals surface area contributed by atoms with Crippen molar-refractivity contribution in [1.82, 2.24) is 4.98 Å². The fourth-order valence-corrected chi connectivity index (χ4v) is 6.77. The Bertz CT molecular complexity index is 1400. The number of para-hydroxylation sites is 1. The zero-order chi connectivity index (χ0) is 24.0. The number of amides is 2. The molecule has 5 rings (SSSR count).